The zero-order valence-corrected chi connectivity index (χ0v) is 20.6. The van der Waals surface area contributed by atoms with Gasteiger partial charge in [0.2, 0.25) is 0 Å². The second-order valence-electron chi connectivity index (χ2n) is 9.03. The molecule has 3 aromatic rings. The normalized spacial score (nSPS) is 16.4. The number of aryl methyl sites for hydroxylation is 2. The molecule has 1 atom stereocenters. The topological polar surface area (TPSA) is 44.7 Å². The van der Waals surface area contributed by atoms with E-state index < -0.39 is 6.50 Å². The van der Waals surface area contributed by atoms with E-state index in [9.17, 15) is 5.11 Å². The summed E-state index contributed by atoms with van der Waals surface area (Å²) in [6.07, 6.45) is 3.33. The monoisotopic (exact) mass is 460 g/mol. The maximum Gasteiger partial charge on any atom is 0.120 e. The summed E-state index contributed by atoms with van der Waals surface area (Å²) >= 11 is 0. The van der Waals surface area contributed by atoms with Gasteiger partial charge in [-0.3, -0.25) is 0 Å². The SMILES string of the molecule is [2H]C([2H])(Cc1ccc(CN(CC)c2cc(OC)ccc2C2CCc3cc(O)ccc3C2)cc1)NCC. The average molecular weight is 461 g/mol. The standard InChI is InChI=1S/C30H38N2O2/c1-4-31-17-16-22-6-8-23(9-7-22)21-32(5-2)30-20-28(34-3)14-15-29(30)26-11-10-25-19-27(33)13-12-24(25)18-26/h6-9,12-15,19-20,26,31,33H,4-5,10-11,16-18,21H2,1-3H3/i17D2. The van der Waals surface area contributed by atoms with Crippen molar-refractivity contribution in [3.8, 4) is 11.5 Å². The molecule has 0 amide bonds. The summed E-state index contributed by atoms with van der Waals surface area (Å²) in [5.41, 5.74) is 7.31. The van der Waals surface area contributed by atoms with Crippen LogP contribution < -0.4 is 15.0 Å². The van der Waals surface area contributed by atoms with Crippen LogP contribution in [-0.2, 0) is 25.8 Å². The molecular formula is C30H38N2O2. The van der Waals surface area contributed by atoms with Crippen LogP contribution in [0.4, 0.5) is 5.69 Å². The summed E-state index contributed by atoms with van der Waals surface area (Å²) in [6, 6.07) is 20.5. The fourth-order valence-electron chi connectivity index (χ4n) is 4.92. The van der Waals surface area contributed by atoms with Crippen LogP contribution in [0.15, 0.2) is 60.7 Å². The highest BCUT2D eigenvalue weighted by Crippen LogP contribution is 2.40. The molecular weight excluding hydrogens is 420 g/mol. The summed E-state index contributed by atoms with van der Waals surface area (Å²) in [6.45, 7) is 4.94. The number of phenols is 1. The third-order valence-corrected chi connectivity index (χ3v) is 6.81. The highest BCUT2D eigenvalue weighted by molar-refractivity contribution is 5.60. The maximum absolute atomic E-state index is 9.87. The van der Waals surface area contributed by atoms with Crippen molar-refractivity contribution in [2.75, 3.05) is 31.6 Å². The van der Waals surface area contributed by atoms with E-state index in [0.717, 1.165) is 43.7 Å². The minimum Gasteiger partial charge on any atom is -0.508 e. The number of methoxy groups -OCH3 is 1. The number of nitrogens with zero attached hydrogens (tertiary/aromatic N) is 1. The van der Waals surface area contributed by atoms with E-state index in [-0.39, 0.29) is 0 Å². The minimum atomic E-state index is -1.40. The largest absolute Gasteiger partial charge is 0.508 e. The fourth-order valence-corrected chi connectivity index (χ4v) is 4.92. The molecule has 0 bridgehead atoms. The second kappa shape index (κ2) is 11.4. The smallest absolute Gasteiger partial charge is 0.120 e. The molecule has 0 aromatic heterocycles. The Hall–Kier alpha value is -2.98. The van der Waals surface area contributed by atoms with Crippen LogP contribution in [0.3, 0.4) is 0 Å². The predicted molar refractivity (Wildman–Crippen MR) is 141 cm³/mol. The molecule has 4 nitrogen and oxygen atoms in total. The molecule has 0 fully saturated rings. The third kappa shape index (κ3) is 5.74. The lowest BCUT2D eigenvalue weighted by Crippen LogP contribution is -2.25. The number of nitrogens with one attached hydrogen (secondary N) is 1. The Kier molecular flexibility index (Phi) is 7.25. The van der Waals surface area contributed by atoms with Gasteiger partial charge in [-0.25, -0.2) is 0 Å². The molecule has 4 heteroatoms. The van der Waals surface area contributed by atoms with Crippen LogP contribution in [-0.4, -0.2) is 31.8 Å². The number of aromatic hydroxyl groups is 1. The van der Waals surface area contributed by atoms with E-state index in [0.29, 0.717) is 24.6 Å². The number of likely N-dealkylation sites (N-methyl/N-ethyl adjacent to an activating group) is 1. The molecule has 0 radical (unpaired) electrons. The summed E-state index contributed by atoms with van der Waals surface area (Å²) in [5.74, 6) is 1.61. The van der Waals surface area contributed by atoms with Gasteiger partial charge in [0.15, 0.2) is 0 Å². The first-order chi connectivity index (χ1) is 17.3. The van der Waals surface area contributed by atoms with Gasteiger partial charge in [0.25, 0.3) is 0 Å². The molecule has 1 unspecified atom stereocenters. The minimum absolute atomic E-state index is 0.346. The van der Waals surface area contributed by atoms with E-state index in [2.05, 4.69) is 53.5 Å². The van der Waals surface area contributed by atoms with Gasteiger partial charge >= 0.3 is 0 Å². The highest BCUT2D eigenvalue weighted by atomic mass is 16.5. The first-order valence-electron chi connectivity index (χ1n) is 13.4. The van der Waals surface area contributed by atoms with Crippen LogP contribution >= 0.6 is 0 Å². The Morgan fingerprint density at radius 3 is 2.56 bits per heavy atom. The van der Waals surface area contributed by atoms with E-state index in [1.54, 1.807) is 13.2 Å². The number of rotatable bonds is 10. The molecule has 0 spiro atoms. The van der Waals surface area contributed by atoms with Crippen molar-refractivity contribution in [1.82, 2.24) is 5.32 Å². The van der Waals surface area contributed by atoms with Crippen LogP contribution in [0.25, 0.3) is 0 Å². The van der Waals surface area contributed by atoms with E-state index in [1.165, 1.54) is 27.9 Å². The quantitative estimate of drug-likeness (QED) is 0.398. The average Bonchev–Trinajstić information content (AvgIpc) is 2.87. The molecule has 1 aliphatic rings. The molecule has 180 valence electrons. The van der Waals surface area contributed by atoms with Crippen LogP contribution in [0.1, 0.15) is 56.7 Å². The Bertz CT molecular complexity index is 1160. The molecule has 0 aliphatic heterocycles. The van der Waals surface area contributed by atoms with E-state index in [4.69, 9.17) is 7.48 Å². The first-order valence-corrected chi connectivity index (χ1v) is 12.4. The second-order valence-corrected chi connectivity index (χ2v) is 9.03. The Morgan fingerprint density at radius 1 is 1.03 bits per heavy atom. The van der Waals surface area contributed by atoms with Gasteiger partial charge in [-0.15, -0.1) is 0 Å². The number of phenolic OH excluding ortho intramolecular Hbond substituents is 1. The molecule has 4 rings (SSSR count). The number of benzene rings is 3. The van der Waals surface area contributed by atoms with Crippen molar-refractivity contribution in [1.29, 1.82) is 0 Å². The van der Waals surface area contributed by atoms with Gasteiger partial charge in [-0.1, -0.05) is 43.3 Å². The van der Waals surface area contributed by atoms with Crippen molar-refractivity contribution in [3.05, 3.63) is 88.5 Å². The van der Waals surface area contributed by atoms with Gasteiger partial charge in [-0.2, -0.15) is 0 Å². The zero-order chi connectivity index (χ0) is 25.7. The van der Waals surface area contributed by atoms with Gasteiger partial charge in [0.05, 0.1) is 7.11 Å². The molecule has 1 aliphatic carbocycles. The molecule has 34 heavy (non-hydrogen) atoms. The first kappa shape index (κ1) is 21.5. The predicted octanol–water partition coefficient (Wildman–Crippen LogP) is 5.85. The fraction of sp³-hybridized carbons (Fsp3) is 0.400. The summed E-state index contributed by atoms with van der Waals surface area (Å²) in [7, 11) is 1.71. The van der Waals surface area contributed by atoms with Crippen molar-refractivity contribution >= 4 is 5.69 Å². The molecule has 2 N–H and O–H groups in total. The third-order valence-electron chi connectivity index (χ3n) is 6.81. The molecule has 0 saturated heterocycles. The Morgan fingerprint density at radius 2 is 1.82 bits per heavy atom. The van der Waals surface area contributed by atoms with Crippen LogP contribution in [0, 0.1) is 0 Å². The molecule has 3 aromatic carbocycles. The van der Waals surface area contributed by atoms with Gasteiger partial charge in [0.1, 0.15) is 11.5 Å². The van der Waals surface area contributed by atoms with Crippen molar-refractivity contribution in [3.63, 3.8) is 0 Å². The number of hydrogen-bond donors (Lipinski definition) is 2. The van der Waals surface area contributed by atoms with E-state index >= 15 is 0 Å². The Labute approximate surface area is 207 Å². The summed E-state index contributed by atoms with van der Waals surface area (Å²) in [4.78, 5) is 2.40. The zero-order valence-electron chi connectivity index (χ0n) is 22.6. The summed E-state index contributed by atoms with van der Waals surface area (Å²) in [5, 5.41) is 12.8. The van der Waals surface area contributed by atoms with Gasteiger partial charge in [-0.05, 0) is 97.6 Å². The Balaban J connectivity index is 1.56. The van der Waals surface area contributed by atoms with Gasteiger partial charge in [0, 0.05) is 27.6 Å². The van der Waals surface area contributed by atoms with Crippen molar-refractivity contribution in [2.24, 2.45) is 0 Å². The lowest BCUT2D eigenvalue weighted by molar-refractivity contribution is 0.414. The van der Waals surface area contributed by atoms with Crippen LogP contribution in [0.2, 0.25) is 0 Å². The number of anilines is 1. The number of ether oxygens (including phenoxy) is 1. The lowest BCUT2D eigenvalue weighted by atomic mass is 9.79. The number of hydrogen-bond acceptors (Lipinski definition) is 4. The number of fused-ring (bicyclic) bond motifs is 1. The highest BCUT2D eigenvalue weighted by Gasteiger charge is 2.24. The van der Waals surface area contributed by atoms with E-state index in [1.807, 2.05) is 25.1 Å². The maximum atomic E-state index is 9.87. The summed E-state index contributed by atoms with van der Waals surface area (Å²) < 4.78 is 21.8. The lowest BCUT2D eigenvalue weighted by Gasteiger charge is -2.32. The molecule has 0 saturated carbocycles. The van der Waals surface area contributed by atoms with Crippen molar-refractivity contribution < 1.29 is 12.6 Å². The molecule has 0 heterocycles. The van der Waals surface area contributed by atoms with Gasteiger partial charge < -0.3 is 20.1 Å². The van der Waals surface area contributed by atoms with Crippen LogP contribution in [0.5, 0.6) is 11.5 Å². The van der Waals surface area contributed by atoms with Crippen molar-refractivity contribution in [2.45, 2.75) is 52.0 Å².